The lowest BCUT2D eigenvalue weighted by Crippen LogP contribution is -2.13. The Kier molecular flexibility index (Phi) is 3.29. The maximum absolute atomic E-state index is 13.7. The molecule has 0 fully saturated rings. The highest BCUT2D eigenvalue weighted by atomic mass is 19.1. The number of nitrogens with two attached hydrogens (primary N) is 1. The topological polar surface area (TPSA) is 39.2 Å². The van der Waals surface area contributed by atoms with E-state index in [4.69, 9.17) is 10.2 Å². The van der Waals surface area contributed by atoms with E-state index >= 15 is 0 Å². The Bertz CT molecular complexity index is 519. The Morgan fingerprint density at radius 2 is 2.06 bits per heavy atom. The summed E-state index contributed by atoms with van der Waals surface area (Å²) in [6.45, 7) is 3.91. The first-order valence-corrected chi connectivity index (χ1v) is 5.72. The molecule has 0 bridgehead atoms. The van der Waals surface area contributed by atoms with Crippen molar-refractivity contribution in [1.29, 1.82) is 0 Å². The van der Waals surface area contributed by atoms with Gasteiger partial charge in [-0.1, -0.05) is 24.6 Å². The van der Waals surface area contributed by atoms with Crippen molar-refractivity contribution >= 4 is 0 Å². The van der Waals surface area contributed by atoms with Crippen LogP contribution >= 0.6 is 0 Å². The zero-order valence-electron chi connectivity index (χ0n) is 10.0. The fraction of sp³-hybridized carbons (Fsp3) is 0.286. The Balaban J connectivity index is 2.35. The SMILES string of the molecule is CCc1ccc(C(N)c2cc(C)ccc2F)o1. The molecule has 2 aromatic rings. The lowest BCUT2D eigenvalue weighted by molar-refractivity contribution is 0.448. The van der Waals surface area contributed by atoms with Crippen LogP contribution in [-0.4, -0.2) is 0 Å². The summed E-state index contributed by atoms with van der Waals surface area (Å²) in [4.78, 5) is 0. The molecule has 1 aromatic carbocycles. The van der Waals surface area contributed by atoms with Crippen molar-refractivity contribution in [2.45, 2.75) is 26.3 Å². The van der Waals surface area contributed by atoms with E-state index in [-0.39, 0.29) is 5.82 Å². The van der Waals surface area contributed by atoms with Gasteiger partial charge in [-0.15, -0.1) is 0 Å². The predicted molar refractivity (Wildman–Crippen MR) is 65.3 cm³/mol. The molecule has 17 heavy (non-hydrogen) atoms. The molecule has 2 N–H and O–H groups in total. The van der Waals surface area contributed by atoms with Crippen molar-refractivity contribution in [2.24, 2.45) is 5.73 Å². The van der Waals surface area contributed by atoms with Gasteiger partial charge < -0.3 is 10.2 Å². The lowest BCUT2D eigenvalue weighted by Gasteiger charge is -2.11. The van der Waals surface area contributed by atoms with Gasteiger partial charge in [-0.05, 0) is 25.1 Å². The van der Waals surface area contributed by atoms with Gasteiger partial charge in [0.05, 0.1) is 6.04 Å². The number of hydrogen-bond donors (Lipinski definition) is 1. The van der Waals surface area contributed by atoms with Crippen molar-refractivity contribution in [3.63, 3.8) is 0 Å². The number of rotatable bonds is 3. The molecule has 3 heteroatoms. The molecular weight excluding hydrogens is 217 g/mol. The summed E-state index contributed by atoms with van der Waals surface area (Å²) in [5.41, 5.74) is 7.48. The molecule has 0 radical (unpaired) electrons. The molecule has 0 saturated carbocycles. The van der Waals surface area contributed by atoms with E-state index in [0.29, 0.717) is 11.3 Å². The first-order valence-electron chi connectivity index (χ1n) is 5.72. The molecule has 2 rings (SSSR count). The van der Waals surface area contributed by atoms with Crippen LogP contribution in [0.5, 0.6) is 0 Å². The molecule has 0 saturated heterocycles. The van der Waals surface area contributed by atoms with Gasteiger partial charge in [-0.2, -0.15) is 0 Å². The standard InChI is InChI=1S/C14H16FNO/c1-3-10-5-7-13(17-10)14(16)11-8-9(2)4-6-12(11)15/h4-8,14H,3,16H2,1-2H3. The fourth-order valence-electron chi connectivity index (χ4n) is 1.81. The third-order valence-corrected chi connectivity index (χ3v) is 2.82. The van der Waals surface area contributed by atoms with Crippen LogP contribution in [0.1, 0.15) is 35.6 Å². The second-order valence-electron chi connectivity index (χ2n) is 4.16. The van der Waals surface area contributed by atoms with Gasteiger partial charge in [0.2, 0.25) is 0 Å². The van der Waals surface area contributed by atoms with Gasteiger partial charge in [0, 0.05) is 12.0 Å². The second kappa shape index (κ2) is 4.72. The van der Waals surface area contributed by atoms with Crippen LogP contribution in [0.4, 0.5) is 4.39 Å². The maximum atomic E-state index is 13.7. The smallest absolute Gasteiger partial charge is 0.128 e. The van der Waals surface area contributed by atoms with Crippen LogP contribution in [0.2, 0.25) is 0 Å². The molecule has 0 aliphatic rings. The van der Waals surface area contributed by atoms with E-state index in [2.05, 4.69) is 0 Å². The van der Waals surface area contributed by atoms with Crippen molar-refractivity contribution in [3.8, 4) is 0 Å². The Hall–Kier alpha value is -1.61. The van der Waals surface area contributed by atoms with Gasteiger partial charge in [-0.25, -0.2) is 4.39 Å². The molecule has 1 heterocycles. The van der Waals surface area contributed by atoms with Crippen LogP contribution < -0.4 is 5.73 Å². The van der Waals surface area contributed by atoms with E-state index < -0.39 is 6.04 Å². The van der Waals surface area contributed by atoms with Crippen LogP contribution in [-0.2, 0) is 6.42 Å². The van der Waals surface area contributed by atoms with E-state index in [0.717, 1.165) is 17.7 Å². The predicted octanol–water partition coefficient (Wildman–Crippen LogP) is 3.34. The third-order valence-electron chi connectivity index (χ3n) is 2.82. The van der Waals surface area contributed by atoms with Crippen LogP contribution in [0.15, 0.2) is 34.7 Å². The maximum Gasteiger partial charge on any atom is 0.128 e. The number of furan rings is 1. The highest BCUT2D eigenvalue weighted by Gasteiger charge is 2.17. The number of benzene rings is 1. The summed E-state index contributed by atoms with van der Waals surface area (Å²) in [5.74, 6) is 1.17. The summed E-state index contributed by atoms with van der Waals surface area (Å²) in [5, 5.41) is 0. The van der Waals surface area contributed by atoms with E-state index in [9.17, 15) is 4.39 Å². The summed E-state index contributed by atoms with van der Waals surface area (Å²) in [7, 11) is 0. The zero-order chi connectivity index (χ0) is 12.4. The summed E-state index contributed by atoms with van der Waals surface area (Å²) in [6.07, 6.45) is 0.809. The highest BCUT2D eigenvalue weighted by Crippen LogP contribution is 2.24. The minimum absolute atomic E-state index is 0.294. The summed E-state index contributed by atoms with van der Waals surface area (Å²) in [6, 6.07) is 8.07. The van der Waals surface area contributed by atoms with E-state index in [1.807, 2.05) is 26.0 Å². The Labute approximate surface area is 100 Å². The molecule has 0 aliphatic carbocycles. The first kappa shape index (κ1) is 11.9. The van der Waals surface area contributed by atoms with E-state index in [1.165, 1.54) is 6.07 Å². The van der Waals surface area contributed by atoms with Gasteiger partial charge in [0.1, 0.15) is 17.3 Å². The van der Waals surface area contributed by atoms with Crippen molar-refractivity contribution in [2.75, 3.05) is 0 Å². The molecule has 0 aliphatic heterocycles. The normalized spacial score (nSPS) is 12.7. The minimum atomic E-state index is -0.546. The quantitative estimate of drug-likeness (QED) is 0.883. The van der Waals surface area contributed by atoms with E-state index in [1.54, 1.807) is 12.1 Å². The van der Waals surface area contributed by atoms with Crippen LogP contribution in [0, 0.1) is 12.7 Å². The van der Waals surface area contributed by atoms with Gasteiger partial charge in [-0.3, -0.25) is 0 Å². The monoisotopic (exact) mass is 233 g/mol. The van der Waals surface area contributed by atoms with Crippen molar-refractivity contribution in [1.82, 2.24) is 0 Å². The number of halogens is 1. The molecule has 0 amide bonds. The zero-order valence-corrected chi connectivity index (χ0v) is 10.0. The molecule has 2 nitrogen and oxygen atoms in total. The average Bonchev–Trinajstić information content (AvgIpc) is 2.80. The molecular formula is C14H16FNO. The van der Waals surface area contributed by atoms with Gasteiger partial charge >= 0.3 is 0 Å². The third kappa shape index (κ3) is 2.39. The molecule has 90 valence electrons. The molecule has 1 atom stereocenters. The van der Waals surface area contributed by atoms with Gasteiger partial charge in [0.25, 0.3) is 0 Å². The largest absolute Gasteiger partial charge is 0.464 e. The highest BCUT2D eigenvalue weighted by molar-refractivity contribution is 5.31. The fourth-order valence-corrected chi connectivity index (χ4v) is 1.81. The van der Waals surface area contributed by atoms with Gasteiger partial charge in [0.15, 0.2) is 0 Å². The molecule has 1 unspecified atom stereocenters. The van der Waals surface area contributed by atoms with Crippen LogP contribution in [0.25, 0.3) is 0 Å². The number of aryl methyl sites for hydroxylation is 2. The summed E-state index contributed by atoms with van der Waals surface area (Å²) < 4.78 is 19.2. The van der Waals surface area contributed by atoms with Crippen LogP contribution in [0.3, 0.4) is 0 Å². The second-order valence-corrected chi connectivity index (χ2v) is 4.16. The Morgan fingerprint density at radius 1 is 1.29 bits per heavy atom. The lowest BCUT2D eigenvalue weighted by atomic mass is 10.0. The Morgan fingerprint density at radius 3 is 2.71 bits per heavy atom. The molecule has 0 spiro atoms. The summed E-state index contributed by atoms with van der Waals surface area (Å²) >= 11 is 0. The molecule has 1 aromatic heterocycles. The van der Waals surface area contributed by atoms with Crippen molar-refractivity contribution in [3.05, 3.63) is 58.8 Å². The number of hydrogen-bond acceptors (Lipinski definition) is 2. The van der Waals surface area contributed by atoms with Crippen molar-refractivity contribution < 1.29 is 8.81 Å². The average molecular weight is 233 g/mol. The minimum Gasteiger partial charge on any atom is -0.464 e. The first-order chi connectivity index (χ1) is 8.11.